The van der Waals surface area contributed by atoms with Gasteiger partial charge in [0.25, 0.3) is 0 Å². The van der Waals surface area contributed by atoms with Gasteiger partial charge in [-0.25, -0.2) is 0 Å². The van der Waals surface area contributed by atoms with Crippen LogP contribution in [-0.2, 0) is 6.42 Å². The first-order valence-electron chi connectivity index (χ1n) is 5.43. The standard InChI is InChI=1S/C13H18N2/c1-13(2,3)12-11-9(7-8-15-12)5-4-6-10(11)14/h4-6H,7-8,14H2,1-3H3. The molecule has 1 aromatic carbocycles. The zero-order valence-electron chi connectivity index (χ0n) is 9.67. The molecule has 1 aromatic rings. The summed E-state index contributed by atoms with van der Waals surface area (Å²) in [5, 5.41) is 0. The Bertz CT molecular complexity index is 411. The summed E-state index contributed by atoms with van der Waals surface area (Å²) in [7, 11) is 0. The van der Waals surface area contributed by atoms with E-state index in [4.69, 9.17) is 5.73 Å². The first-order chi connectivity index (χ1) is 7.00. The first-order valence-corrected chi connectivity index (χ1v) is 5.43. The molecule has 0 bridgehead atoms. The van der Waals surface area contributed by atoms with Crippen molar-refractivity contribution >= 4 is 11.4 Å². The minimum Gasteiger partial charge on any atom is -0.398 e. The molecule has 15 heavy (non-hydrogen) atoms. The van der Waals surface area contributed by atoms with E-state index >= 15 is 0 Å². The van der Waals surface area contributed by atoms with Crippen molar-refractivity contribution in [1.29, 1.82) is 0 Å². The molecule has 0 spiro atoms. The average Bonchev–Trinajstić information content (AvgIpc) is 2.16. The Morgan fingerprint density at radius 1 is 1.27 bits per heavy atom. The molecule has 0 unspecified atom stereocenters. The third kappa shape index (κ3) is 1.76. The van der Waals surface area contributed by atoms with E-state index in [1.54, 1.807) is 0 Å². The third-order valence-corrected chi connectivity index (χ3v) is 2.78. The molecule has 0 saturated heterocycles. The van der Waals surface area contributed by atoms with Crippen molar-refractivity contribution in [3.8, 4) is 0 Å². The van der Waals surface area contributed by atoms with E-state index in [0.29, 0.717) is 0 Å². The average molecular weight is 202 g/mol. The molecule has 0 radical (unpaired) electrons. The fourth-order valence-electron chi connectivity index (χ4n) is 2.10. The van der Waals surface area contributed by atoms with Crippen molar-refractivity contribution < 1.29 is 0 Å². The second-order valence-corrected chi connectivity index (χ2v) is 5.11. The molecular formula is C13H18N2. The van der Waals surface area contributed by atoms with Crippen molar-refractivity contribution in [2.75, 3.05) is 12.3 Å². The number of hydrogen-bond acceptors (Lipinski definition) is 2. The van der Waals surface area contributed by atoms with Gasteiger partial charge in [-0.05, 0) is 18.1 Å². The molecule has 80 valence electrons. The summed E-state index contributed by atoms with van der Waals surface area (Å²) in [6.07, 6.45) is 1.01. The fraction of sp³-hybridized carbons (Fsp3) is 0.462. The zero-order chi connectivity index (χ0) is 11.1. The maximum atomic E-state index is 6.05. The third-order valence-electron chi connectivity index (χ3n) is 2.78. The van der Waals surface area contributed by atoms with Crippen LogP contribution < -0.4 is 5.73 Å². The van der Waals surface area contributed by atoms with Crippen LogP contribution in [0.5, 0.6) is 0 Å². The Morgan fingerprint density at radius 2 is 2.00 bits per heavy atom. The lowest BCUT2D eigenvalue weighted by Gasteiger charge is -2.28. The van der Waals surface area contributed by atoms with Crippen LogP contribution in [0.25, 0.3) is 0 Å². The lowest BCUT2D eigenvalue weighted by molar-refractivity contribution is 0.585. The summed E-state index contributed by atoms with van der Waals surface area (Å²) in [5.41, 5.74) is 10.7. The van der Waals surface area contributed by atoms with Crippen LogP contribution in [0, 0.1) is 5.41 Å². The Balaban J connectivity index is 2.60. The Morgan fingerprint density at radius 3 is 2.67 bits per heavy atom. The lowest BCUT2D eigenvalue weighted by atomic mass is 9.81. The van der Waals surface area contributed by atoms with Gasteiger partial charge in [-0.3, -0.25) is 4.99 Å². The van der Waals surface area contributed by atoms with Gasteiger partial charge in [-0.15, -0.1) is 0 Å². The van der Waals surface area contributed by atoms with Gasteiger partial charge in [0.15, 0.2) is 0 Å². The molecule has 0 fully saturated rings. The van der Waals surface area contributed by atoms with Crippen LogP contribution in [-0.4, -0.2) is 12.3 Å². The van der Waals surface area contributed by atoms with E-state index in [-0.39, 0.29) is 5.41 Å². The number of nitrogens with two attached hydrogens (primary N) is 1. The van der Waals surface area contributed by atoms with Crippen molar-refractivity contribution in [3.05, 3.63) is 29.3 Å². The molecule has 2 nitrogen and oxygen atoms in total. The highest BCUT2D eigenvalue weighted by molar-refractivity contribution is 6.09. The molecule has 0 amide bonds. The number of fused-ring (bicyclic) bond motifs is 1. The molecule has 0 atom stereocenters. The van der Waals surface area contributed by atoms with Gasteiger partial charge in [-0.1, -0.05) is 32.9 Å². The highest BCUT2D eigenvalue weighted by Crippen LogP contribution is 2.30. The summed E-state index contributed by atoms with van der Waals surface area (Å²) >= 11 is 0. The van der Waals surface area contributed by atoms with E-state index in [0.717, 1.165) is 24.4 Å². The topological polar surface area (TPSA) is 38.4 Å². The highest BCUT2D eigenvalue weighted by Gasteiger charge is 2.26. The van der Waals surface area contributed by atoms with Crippen LogP contribution in [0.1, 0.15) is 31.9 Å². The van der Waals surface area contributed by atoms with Crippen LogP contribution >= 0.6 is 0 Å². The van der Waals surface area contributed by atoms with Gasteiger partial charge in [0.05, 0.1) is 0 Å². The maximum absolute atomic E-state index is 6.05. The lowest BCUT2D eigenvalue weighted by Crippen LogP contribution is -2.27. The summed E-state index contributed by atoms with van der Waals surface area (Å²) in [6, 6.07) is 6.15. The van der Waals surface area contributed by atoms with E-state index in [9.17, 15) is 0 Å². The number of rotatable bonds is 0. The summed E-state index contributed by atoms with van der Waals surface area (Å²) in [6.45, 7) is 7.46. The Labute approximate surface area is 91.2 Å². The molecule has 1 aliphatic rings. The zero-order valence-corrected chi connectivity index (χ0v) is 9.67. The molecule has 1 heterocycles. The number of aliphatic imine (C=N–C) groups is 1. The molecule has 2 N–H and O–H groups in total. The SMILES string of the molecule is CC(C)(C)C1=NCCc2cccc(N)c21. The molecule has 1 aliphatic heterocycles. The Hall–Kier alpha value is -1.31. The predicted molar refractivity (Wildman–Crippen MR) is 65.4 cm³/mol. The fourth-order valence-corrected chi connectivity index (χ4v) is 2.10. The second-order valence-electron chi connectivity index (χ2n) is 5.11. The van der Waals surface area contributed by atoms with E-state index < -0.39 is 0 Å². The van der Waals surface area contributed by atoms with Crippen LogP contribution in [0.2, 0.25) is 0 Å². The minimum absolute atomic E-state index is 0.0741. The van der Waals surface area contributed by atoms with Crippen molar-refractivity contribution in [1.82, 2.24) is 0 Å². The van der Waals surface area contributed by atoms with E-state index in [1.807, 2.05) is 12.1 Å². The second kappa shape index (κ2) is 3.37. The number of anilines is 1. The van der Waals surface area contributed by atoms with E-state index in [1.165, 1.54) is 11.1 Å². The van der Waals surface area contributed by atoms with Gasteiger partial charge in [-0.2, -0.15) is 0 Å². The largest absolute Gasteiger partial charge is 0.398 e. The molecule has 0 aromatic heterocycles. The Kier molecular flexibility index (Phi) is 2.29. The summed E-state index contributed by atoms with van der Waals surface area (Å²) in [5.74, 6) is 0. The minimum atomic E-state index is 0.0741. The molecule has 2 heteroatoms. The highest BCUT2D eigenvalue weighted by atomic mass is 14.8. The predicted octanol–water partition coefficient (Wildman–Crippen LogP) is 2.66. The summed E-state index contributed by atoms with van der Waals surface area (Å²) < 4.78 is 0. The smallest absolute Gasteiger partial charge is 0.0497 e. The number of nitrogens with zero attached hydrogens (tertiary/aromatic N) is 1. The number of benzene rings is 1. The molecule has 0 aliphatic carbocycles. The summed E-state index contributed by atoms with van der Waals surface area (Å²) in [4.78, 5) is 4.64. The number of nitrogen functional groups attached to an aromatic ring is 1. The van der Waals surface area contributed by atoms with Gasteiger partial charge < -0.3 is 5.73 Å². The molecule has 2 rings (SSSR count). The van der Waals surface area contributed by atoms with Gasteiger partial charge in [0, 0.05) is 28.9 Å². The first kappa shape index (κ1) is 10.2. The van der Waals surface area contributed by atoms with Crippen molar-refractivity contribution in [3.63, 3.8) is 0 Å². The van der Waals surface area contributed by atoms with Gasteiger partial charge in [0.1, 0.15) is 0 Å². The maximum Gasteiger partial charge on any atom is 0.0497 e. The van der Waals surface area contributed by atoms with Crippen LogP contribution in [0.4, 0.5) is 5.69 Å². The van der Waals surface area contributed by atoms with Gasteiger partial charge in [0.2, 0.25) is 0 Å². The molecule has 0 saturated carbocycles. The van der Waals surface area contributed by atoms with Gasteiger partial charge >= 0.3 is 0 Å². The normalized spacial score (nSPS) is 15.8. The monoisotopic (exact) mass is 202 g/mol. The van der Waals surface area contributed by atoms with E-state index in [2.05, 4.69) is 31.8 Å². The number of hydrogen-bond donors (Lipinski definition) is 1. The molecular weight excluding hydrogens is 184 g/mol. The van der Waals surface area contributed by atoms with Crippen LogP contribution in [0.3, 0.4) is 0 Å². The van der Waals surface area contributed by atoms with Crippen LogP contribution in [0.15, 0.2) is 23.2 Å². The van der Waals surface area contributed by atoms with Crippen molar-refractivity contribution in [2.24, 2.45) is 10.4 Å². The van der Waals surface area contributed by atoms with Crippen molar-refractivity contribution in [2.45, 2.75) is 27.2 Å². The quantitative estimate of drug-likeness (QED) is 0.645.